The maximum Gasteiger partial charge on any atom is 0.258 e. The summed E-state index contributed by atoms with van der Waals surface area (Å²) in [5, 5.41) is 0.861. The molecule has 0 aliphatic rings. The second-order valence-electron chi connectivity index (χ2n) is 6.14. The van der Waals surface area contributed by atoms with Gasteiger partial charge in [-0.1, -0.05) is 66.7 Å². The number of amides is 1. The molecule has 0 saturated heterocycles. The highest BCUT2D eigenvalue weighted by Crippen LogP contribution is 2.26. The Balaban J connectivity index is 1.87. The van der Waals surface area contributed by atoms with Gasteiger partial charge in [0, 0.05) is 23.7 Å². The van der Waals surface area contributed by atoms with Crippen LogP contribution in [0.2, 0.25) is 0 Å². The van der Waals surface area contributed by atoms with Gasteiger partial charge in [-0.15, -0.1) is 0 Å². The fourth-order valence-electron chi connectivity index (χ4n) is 3.06. The van der Waals surface area contributed by atoms with E-state index in [0.717, 1.165) is 27.8 Å². The quantitative estimate of drug-likeness (QED) is 0.516. The van der Waals surface area contributed by atoms with Crippen molar-refractivity contribution in [3.8, 4) is 11.3 Å². The van der Waals surface area contributed by atoms with Crippen LogP contribution < -0.4 is 4.90 Å². The summed E-state index contributed by atoms with van der Waals surface area (Å²) >= 11 is 0. The average Bonchev–Trinajstić information content (AvgIpc) is 2.73. The molecule has 3 nitrogen and oxygen atoms in total. The lowest BCUT2D eigenvalue weighted by molar-refractivity contribution is 0.0994. The van der Waals surface area contributed by atoms with Crippen LogP contribution in [0.25, 0.3) is 22.2 Å². The molecule has 1 heterocycles. The van der Waals surface area contributed by atoms with Gasteiger partial charge in [0.15, 0.2) is 0 Å². The minimum absolute atomic E-state index is 0.0491. The number of anilines is 1. The molecule has 0 radical (unpaired) electrons. The van der Waals surface area contributed by atoms with Crippen LogP contribution in [0.5, 0.6) is 0 Å². The van der Waals surface area contributed by atoms with E-state index in [2.05, 4.69) is 0 Å². The third kappa shape index (κ3) is 2.95. The Morgan fingerprint density at radius 2 is 1.42 bits per heavy atom. The van der Waals surface area contributed by atoms with Crippen LogP contribution in [-0.2, 0) is 0 Å². The summed E-state index contributed by atoms with van der Waals surface area (Å²) in [6.07, 6.45) is 0. The molecular weight excluding hydrogens is 320 g/mol. The van der Waals surface area contributed by atoms with E-state index in [1.165, 1.54) is 0 Å². The number of carbonyl (C=O) groups excluding carboxylic acids is 1. The van der Waals surface area contributed by atoms with Gasteiger partial charge in [0.2, 0.25) is 0 Å². The molecule has 26 heavy (non-hydrogen) atoms. The largest absolute Gasteiger partial charge is 0.311 e. The molecule has 0 unspecified atom stereocenters. The van der Waals surface area contributed by atoms with Gasteiger partial charge >= 0.3 is 0 Å². The number of carbonyl (C=O) groups is 1. The number of nitrogens with zero attached hydrogens (tertiary/aromatic N) is 2. The molecule has 3 aromatic carbocycles. The van der Waals surface area contributed by atoms with Crippen LogP contribution >= 0.6 is 0 Å². The zero-order valence-electron chi connectivity index (χ0n) is 14.5. The zero-order valence-corrected chi connectivity index (χ0v) is 14.5. The van der Waals surface area contributed by atoms with Gasteiger partial charge in [0.1, 0.15) is 0 Å². The smallest absolute Gasteiger partial charge is 0.258 e. The molecule has 3 heteroatoms. The first kappa shape index (κ1) is 16.0. The fourth-order valence-corrected chi connectivity index (χ4v) is 3.06. The van der Waals surface area contributed by atoms with Crippen molar-refractivity contribution in [2.75, 3.05) is 11.9 Å². The van der Waals surface area contributed by atoms with Gasteiger partial charge in [-0.3, -0.25) is 4.79 Å². The van der Waals surface area contributed by atoms with Gasteiger partial charge in [-0.2, -0.15) is 0 Å². The Bertz CT molecular complexity index is 1060. The van der Waals surface area contributed by atoms with Gasteiger partial charge in [0.05, 0.1) is 16.8 Å². The standard InChI is InChI=1S/C23H18N2O/c1-25(18-12-6-3-7-13-18)23(26)20-16-22(17-10-4-2-5-11-17)24-21-15-9-8-14-19(20)21/h2-16H,1H3. The van der Waals surface area contributed by atoms with E-state index >= 15 is 0 Å². The Labute approximate surface area is 152 Å². The Kier molecular flexibility index (Phi) is 4.20. The van der Waals surface area contributed by atoms with Crippen molar-refractivity contribution < 1.29 is 4.79 Å². The van der Waals surface area contributed by atoms with E-state index < -0.39 is 0 Å². The molecule has 4 aromatic rings. The van der Waals surface area contributed by atoms with E-state index in [0.29, 0.717) is 5.56 Å². The number of pyridine rings is 1. The average molecular weight is 338 g/mol. The number of hydrogen-bond donors (Lipinski definition) is 0. The lowest BCUT2D eigenvalue weighted by atomic mass is 10.0. The summed E-state index contributed by atoms with van der Waals surface area (Å²) in [4.78, 5) is 19.7. The molecule has 0 atom stereocenters. The first-order valence-electron chi connectivity index (χ1n) is 8.52. The van der Waals surface area contributed by atoms with Crippen molar-refractivity contribution in [3.05, 3.63) is 96.6 Å². The van der Waals surface area contributed by atoms with E-state index in [4.69, 9.17) is 4.98 Å². The Hall–Kier alpha value is -3.46. The summed E-state index contributed by atoms with van der Waals surface area (Å²) in [6, 6.07) is 29.3. The topological polar surface area (TPSA) is 33.2 Å². The second-order valence-corrected chi connectivity index (χ2v) is 6.14. The van der Waals surface area contributed by atoms with Crippen LogP contribution in [0.1, 0.15) is 10.4 Å². The van der Waals surface area contributed by atoms with Crippen LogP contribution in [0.15, 0.2) is 91.0 Å². The molecule has 1 aromatic heterocycles. The number of hydrogen-bond acceptors (Lipinski definition) is 2. The van der Waals surface area contributed by atoms with E-state index in [9.17, 15) is 4.79 Å². The summed E-state index contributed by atoms with van der Waals surface area (Å²) in [5.41, 5.74) is 4.13. The molecule has 0 aliphatic heterocycles. The third-order valence-corrected chi connectivity index (χ3v) is 4.46. The minimum atomic E-state index is -0.0491. The van der Waals surface area contributed by atoms with E-state index in [1.54, 1.807) is 11.9 Å². The molecule has 0 bridgehead atoms. The maximum atomic E-state index is 13.2. The summed E-state index contributed by atoms with van der Waals surface area (Å²) in [5.74, 6) is -0.0491. The van der Waals surface area contributed by atoms with Gasteiger partial charge in [0.25, 0.3) is 5.91 Å². The molecule has 0 N–H and O–H groups in total. The second kappa shape index (κ2) is 6.81. The van der Waals surface area contributed by atoms with Gasteiger partial charge in [-0.25, -0.2) is 4.98 Å². The normalized spacial score (nSPS) is 10.7. The van der Waals surface area contributed by atoms with Crippen LogP contribution in [0, 0.1) is 0 Å². The SMILES string of the molecule is CN(C(=O)c1cc(-c2ccccc2)nc2ccccc12)c1ccccc1. The van der Waals surface area contributed by atoms with Crippen molar-refractivity contribution in [1.82, 2.24) is 4.98 Å². The molecule has 0 spiro atoms. The third-order valence-electron chi connectivity index (χ3n) is 4.46. The molecule has 0 aliphatic carbocycles. The Morgan fingerprint density at radius 3 is 2.15 bits per heavy atom. The number of aromatic nitrogens is 1. The molecule has 1 amide bonds. The number of rotatable bonds is 3. The van der Waals surface area contributed by atoms with Crippen molar-refractivity contribution in [2.45, 2.75) is 0 Å². The van der Waals surface area contributed by atoms with Crippen molar-refractivity contribution >= 4 is 22.5 Å². The highest BCUT2D eigenvalue weighted by molar-refractivity contribution is 6.14. The summed E-state index contributed by atoms with van der Waals surface area (Å²) in [6.45, 7) is 0. The fraction of sp³-hybridized carbons (Fsp3) is 0.0435. The zero-order chi connectivity index (χ0) is 17.9. The van der Waals surface area contributed by atoms with Crippen LogP contribution in [0.4, 0.5) is 5.69 Å². The highest BCUT2D eigenvalue weighted by atomic mass is 16.2. The lowest BCUT2D eigenvalue weighted by Gasteiger charge is -2.19. The predicted molar refractivity (Wildman–Crippen MR) is 106 cm³/mol. The number of para-hydroxylation sites is 2. The number of fused-ring (bicyclic) bond motifs is 1. The van der Waals surface area contributed by atoms with Crippen molar-refractivity contribution in [2.24, 2.45) is 0 Å². The maximum absolute atomic E-state index is 13.2. The molecule has 0 fully saturated rings. The van der Waals surface area contributed by atoms with Gasteiger partial charge < -0.3 is 4.90 Å². The van der Waals surface area contributed by atoms with Crippen LogP contribution in [-0.4, -0.2) is 17.9 Å². The molecule has 4 rings (SSSR count). The first-order valence-corrected chi connectivity index (χ1v) is 8.52. The first-order chi connectivity index (χ1) is 12.7. The summed E-state index contributed by atoms with van der Waals surface area (Å²) < 4.78 is 0. The highest BCUT2D eigenvalue weighted by Gasteiger charge is 2.18. The van der Waals surface area contributed by atoms with Crippen molar-refractivity contribution in [3.63, 3.8) is 0 Å². The monoisotopic (exact) mass is 338 g/mol. The van der Waals surface area contributed by atoms with Gasteiger partial charge in [-0.05, 0) is 24.3 Å². The minimum Gasteiger partial charge on any atom is -0.311 e. The Morgan fingerprint density at radius 1 is 0.808 bits per heavy atom. The molecule has 0 saturated carbocycles. The molecular formula is C23H18N2O. The van der Waals surface area contributed by atoms with Crippen molar-refractivity contribution in [1.29, 1.82) is 0 Å². The lowest BCUT2D eigenvalue weighted by Crippen LogP contribution is -2.26. The van der Waals surface area contributed by atoms with E-state index in [1.807, 2.05) is 91.0 Å². The van der Waals surface area contributed by atoms with Crippen LogP contribution in [0.3, 0.4) is 0 Å². The number of benzene rings is 3. The predicted octanol–water partition coefficient (Wildman–Crippen LogP) is 5.18. The van der Waals surface area contributed by atoms with E-state index in [-0.39, 0.29) is 5.91 Å². The molecule has 126 valence electrons. The summed E-state index contributed by atoms with van der Waals surface area (Å²) in [7, 11) is 1.80.